The number of aromatic nitrogens is 1. The normalized spacial score (nSPS) is 19.0. The Morgan fingerprint density at radius 1 is 1.38 bits per heavy atom. The van der Waals surface area contributed by atoms with E-state index in [0.29, 0.717) is 6.54 Å². The maximum absolute atomic E-state index is 10.6. The van der Waals surface area contributed by atoms with Crippen molar-refractivity contribution in [2.24, 2.45) is 5.92 Å². The standard InChI is InChI=1S/C17H24N2O2/c1-12-5-7-19(8-6-12)11-17(20)15-10-18-16-4-3-13(21-2)9-14(15)16/h3-4,9-10,12,17-18,20H,5-8,11H2,1-2H3. The average Bonchev–Trinajstić information content (AvgIpc) is 2.92. The number of hydrogen-bond donors (Lipinski definition) is 2. The highest BCUT2D eigenvalue weighted by atomic mass is 16.5. The number of fused-ring (bicyclic) bond motifs is 1. The number of nitrogens with one attached hydrogen (secondary N) is 1. The van der Waals surface area contributed by atoms with Crippen LogP contribution in [-0.4, -0.2) is 41.7 Å². The summed E-state index contributed by atoms with van der Waals surface area (Å²) in [5, 5.41) is 11.6. The van der Waals surface area contributed by atoms with Gasteiger partial charge < -0.3 is 19.7 Å². The largest absolute Gasteiger partial charge is 0.497 e. The van der Waals surface area contributed by atoms with Crippen molar-refractivity contribution in [3.63, 3.8) is 0 Å². The van der Waals surface area contributed by atoms with E-state index in [2.05, 4.69) is 16.8 Å². The second-order valence-electron chi connectivity index (χ2n) is 6.15. The lowest BCUT2D eigenvalue weighted by atomic mass is 9.98. The molecule has 2 heterocycles. The smallest absolute Gasteiger partial charge is 0.119 e. The van der Waals surface area contributed by atoms with Crippen molar-refractivity contribution in [3.05, 3.63) is 30.0 Å². The van der Waals surface area contributed by atoms with Crippen LogP contribution in [0.4, 0.5) is 0 Å². The fourth-order valence-corrected chi connectivity index (χ4v) is 3.11. The molecule has 1 aromatic heterocycles. The van der Waals surface area contributed by atoms with Gasteiger partial charge in [-0.15, -0.1) is 0 Å². The Morgan fingerprint density at radius 3 is 2.86 bits per heavy atom. The summed E-state index contributed by atoms with van der Waals surface area (Å²) in [5.41, 5.74) is 2.00. The van der Waals surface area contributed by atoms with Crippen LogP contribution in [0.1, 0.15) is 31.4 Å². The first kappa shape index (κ1) is 14.4. The molecule has 21 heavy (non-hydrogen) atoms. The number of rotatable bonds is 4. The first-order valence-corrected chi connectivity index (χ1v) is 7.73. The van der Waals surface area contributed by atoms with Gasteiger partial charge in [-0.3, -0.25) is 0 Å². The maximum atomic E-state index is 10.6. The molecule has 0 radical (unpaired) electrons. The predicted octanol–water partition coefficient (Wildman–Crippen LogP) is 2.94. The van der Waals surface area contributed by atoms with Gasteiger partial charge in [0, 0.05) is 29.2 Å². The molecule has 3 rings (SSSR count). The molecule has 2 N–H and O–H groups in total. The molecule has 4 nitrogen and oxygen atoms in total. The third-order valence-corrected chi connectivity index (χ3v) is 4.59. The molecule has 2 aromatic rings. The highest BCUT2D eigenvalue weighted by molar-refractivity contribution is 5.85. The highest BCUT2D eigenvalue weighted by Gasteiger charge is 2.21. The minimum atomic E-state index is -0.459. The first-order valence-electron chi connectivity index (χ1n) is 7.73. The number of aliphatic hydroxyl groups excluding tert-OH is 1. The zero-order valence-electron chi connectivity index (χ0n) is 12.8. The number of likely N-dealkylation sites (tertiary alicyclic amines) is 1. The van der Waals surface area contributed by atoms with Gasteiger partial charge in [0.1, 0.15) is 5.75 Å². The summed E-state index contributed by atoms with van der Waals surface area (Å²) in [6.07, 6.45) is 3.92. The van der Waals surface area contributed by atoms with Crippen LogP contribution in [0.2, 0.25) is 0 Å². The zero-order valence-corrected chi connectivity index (χ0v) is 12.8. The molecule has 4 heteroatoms. The van der Waals surface area contributed by atoms with E-state index in [1.165, 1.54) is 12.8 Å². The fraction of sp³-hybridized carbons (Fsp3) is 0.529. The van der Waals surface area contributed by atoms with Gasteiger partial charge in [0.2, 0.25) is 0 Å². The number of ether oxygens (including phenoxy) is 1. The van der Waals surface area contributed by atoms with Gasteiger partial charge >= 0.3 is 0 Å². The van der Waals surface area contributed by atoms with Crippen LogP contribution in [0.25, 0.3) is 10.9 Å². The number of β-amino-alcohol motifs (C(OH)–C–C–N with tert-alkyl or cyclic N) is 1. The second kappa shape index (κ2) is 6.08. The van der Waals surface area contributed by atoms with E-state index in [1.54, 1.807) is 7.11 Å². The summed E-state index contributed by atoms with van der Waals surface area (Å²) in [6.45, 7) is 5.18. The number of aromatic amines is 1. The molecule has 1 atom stereocenters. The van der Waals surface area contributed by atoms with Crippen molar-refractivity contribution in [3.8, 4) is 5.75 Å². The summed E-state index contributed by atoms with van der Waals surface area (Å²) < 4.78 is 5.28. The van der Waals surface area contributed by atoms with Crippen LogP contribution in [0.5, 0.6) is 5.75 Å². The number of nitrogens with zero attached hydrogens (tertiary/aromatic N) is 1. The molecule has 1 aliphatic rings. The predicted molar refractivity (Wildman–Crippen MR) is 84.6 cm³/mol. The van der Waals surface area contributed by atoms with Gasteiger partial charge in [-0.2, -0.15) is 0 Å². The van der Waals surface area contributed by atoms with Gasteiger partial charge in [-0.25, -0.2) is 0 Å². The van der Waals surface area contributed by atoms with E-state index in [0.717, 1.165) is 41.2 Å². The number of hydrogen-bond acceptors (Lipinski definition) is 3. The van der Waals surface area contributed by atoms with Crippen molar-refractivity contribution in [1.82, 2.24) is 9.88 Å². The summed E-state index contributed by atoms with van der Waals surface area (Å²) >= 11 is 0. The number of aliphatic hydroxyl groups is 1. The first-order chi connectivity index (χ1) is 10.2. The van der Waals surface area contributed by atoms with E-state index in [9.17, 15) is 5.11 Å². The van der Waals surface area contributed by atoms with Crippen molar-refractivity contribution < 1.29 is 9.84 Å². The molecular formula is C17H24N2O2. The van der Waals surface area contributed by atoms with E-state index in [4.69, 9.17) is 4.74 Å². The molecule has 0 aliphatic carbocycles. The highest BCUT2D eigenvalue weighted by Crippen LogP contribution is 2.29. The topological polar surface area (TPSA) is 48.5 Å². The van der Waals surface area contributed by atoms with Crippen LogP contribution >= 0.6 is 0 Å². The van der Waals surface area contributed by atoms with Crippen molar-refractivity contribution >= 4 is 10.9 Å². The average molecular weight is 288 g/mol. The Bertz CT molecular complexity index is 600. The van der Waals surface area contributed by atoms with E-state index in [1.807, 2.05) is 24.4 Å². The fourth-order valence-electron chi connectivity index (χ4n) is 3.11. The number of H-pyrrole nitrogens is 1. The maximum Gasteiger partial charge on any atom is 0.119 e. The molecule has 1 aromatic carbocycles. The molecule has 1 fully saturated rings. The molecule has 1 unspecified atom stereocenters. The third-order valence-electron chi connectivity index (χ3n) is 4.59. The number of piperidine rings is 1. The van der Waals surface area contributed by atoms with Gasteiger partial charge in [-0.05, 0) is 50.0 Å². The molecule has 0 spiro atoms. The van der Waals surface area contributed by atoms with E-state index < -0.39 is 6.10 Å². The lowest BCUT2D eigenvalue weighted by Gasteiger charge is -2.31. The minimum absolute atomic E-state index is 0.459. The second-order valence-corrected chi connectivity index (χ2v) is 6.15. The molecular weight excluding hydrogens is 264 g/mol. The van der Waals surface area contributed by atoms with Crippen LogP contribution in [-0.2, 0) is 0 Å². The van der Waals surface area contributed by atoms with Crippen LogP contribution < -0.4 is 4.74 Å². The van der Waals surface area contributed by atoms with Gasteiger partial charge in [0.15, 0.2) is 0 Å². The van der Waals surface area contributed by atoms with Crippen LogP contribution in [0.15, 0.2) is 24.4 Å². The number of methoxy groups -OCH3 is 1. The lowest BCUT2D eigenvalue weighted by molar-refractivity contribution is 0.0925. The Hall–Kier alpha value is -1.52. The lowest BCUT2D eigenvalue weighted by Crippen LogP contribution is -2.35. The number of benzene rings is 1. The monoisotopic (exact) mass is 288 g/mol. The molecule has 114 valence electrons. The van der Waals surface area contributed by atoms with Crippen molar-refractivity contribution in [2.75, 3.05) is 26.7 Å². The quantitative estimate of drug-likeness (QED) is 0.909. The Labute approximate surface area is 125 Å². The Morgan fingerprint density at radius 2 is 2.14 bits per heavy atom. The van der Waals surface area contributed by atoms with E-state index >= 15 is 0 Å². The van der Waals surface area contributed by atoms with Crippen LogP contribution in [0, 0.1) is 5.92 Å². The minimum Gasteiger partial charge on any atom is -0.497 e. The van der Waals surface area contributed by atoms with E-state index in [-0.39, 0.29) is 0 Å². The summed E-state index contributed by atoms with van der Waals surface area (Å²) in [4.78, 5) is 5.60. The molecule has 0 amide bonds. The van der Waals surface area contributed by atoms with Crippen molar-refractivity contribution in [2.45, 2.75) is 25.9 Å². The summed E-state index contributed by atoms with van der Waals surface area (Å²) in [7, 11) is 1.67. The van der Waals surface area contributed by atoms with Gasteiger partial charge in [-0.1, -0.05) is 6.92 Å². The third kappa shape index (κ3) is 3.06. The Kier molecular flexibility index (Phi) is 4.17. The van der Waals surface area contributed by atoms with Crippen LogP contribution in [0.3, 0.4) is 0 Å². The molecule has 0 bridgehead atoms. The molecule has 1 aliphatic heterocycles. The molecule has 0 saturated carbocycles. The summed E-state index contributed by atoms with van der Waals surface area (Å²) in [6, 6.07) is 5.91. The zero-order chi connectivity index (χ0) is 14.8. The van der Waals surface area contributed by atoms with Gasteiger partial charge in [0.05, 0.1) is 13.2 Å². The molecule has 1 saturated heterocycles. The summed E-state index contributed by atoms with van der Waals surface area (Å²) in [5.74, 6) is 1.64. The Balaban J connectivity index is 1.76. The SMILES string of the molecule is COc1ccc2[nH]cc(C(O)CN3CCC(C)CC3)c2c1. The van der Waals surface area contributed by atoms with Crippen molar-refractivity contribution in [1.29, 1.82) is 0 Å². The van der Waals surface area contributed by atoms with Gasteiger partial charge in [0.25, 0.3) is 0 Å².